The quantitative estimate of drug-likeness (QED) is 0.668. The molecule has 2 saturated carbocycles. The molecule has 1 aromatic rings. The molecule has 6 nitrogen and oxygen atoms in total. The van der Waals surface area contributed by atoms with E-state index in [1.165, 1.54) is 5.56 Å². The third kappa shape index (κ3) is 4.26. The van der Waals surface area contributed by atoms with E-state index in [-0.39, 0.29) is 17.1 Å². The molecule has 0 radical (unpaired) electrons. The average Bonchev–Trinajstić information content (AvgIpc) is 3.03. The molecular weight excluding hydrogens is 412 g/mol. The highest BCUT2D eigenvalue weighted by atomic mass is 16.3. The normalized spacial score (nSPS) is 29.4. The molecule has 0 aromatic heterocycles. The highest BCUT2D eigenvalue weighted by Gasteiger charge is 2.57. The van der Waals surface area contributed by atoms with Crippen molar-refractivity contribution in [1.29, 1.82) is 5.26 Å². The first-order valence-electron chi connectivity index (χ1n) is 12.6. The van der Waals surface area contributed by atoms with Crippen LogP contribution in [0.3, 0.4) is 0 Å². The van der Waals surface area contributed by atoms with Gasteiger partial charge in [-0.05, 0) is 77.9 Å². The van der Waals surface area contributed by atoms with Crippen LogP contribution in [0, 0.1) is 16.7 Å². The van der Waals surface area contributed by atoms with Gasteiger partial charge in [0.2, 0.25) is 0 Å². The van der Waals surface area contributed by atoms with Gasteiger partial charge in [-0.1, -0.05) is 37.3 Å². The van der Waals surface area contributed by atoms with Crippen molar-refractivity contribution in [3.05, 3.63) is 35.9 Å². The third-order valence-electron chi connectivity index (χ3n) is 8.71. The minimum atomic E-state index is -0.752. The van der Waals surface area contributed by atoms with Gasteiger partial charge in [0.15, 0.2) is 0 Å². The Morgan fingerprint density at radius 1 is 1.12 bits per heavy atom. The monoisotopic (exact) mass is 452 g/mol. The molecule has 2 aliphatic carbocycles. The Hall–Kier alpha value is -2.10. The number of hydrogen-bond donors (Lipinski definition) is 1. The van der Waals surface area contributed by atoms with Gasteiger partial charge >= 0.3 is 6.03 Å². The Morgan fingerprint density at radius 2 is 1.76 bits per heavy atom. The predicted molar refractivity (Wildman–Crippen MR) is 129 cm³/mol. The molecule has 1 spiro atoms. The Labute approximate surface area is 199 Å². The Balaban J connectivity index is 1.63. The van der Waals surface area contributed by atoms with Gasteiger partial charge in [-0.15, -0.1) is 0 Å². The molecule has 0 unspecified atom stereocenters. The van der Waals surface area contributed by atoms with Gasteiger partial charge in [-0.2, -0.15) is 5.26 Å². The molecule has 1 aliphatic heterocycles. The average molecular weight is 453 g/mol. The van der Waals surface area contributed by atoms with Crippen molar-refractivity contribution >= 4 is 6.03 Å². The zero-order chi connectivity index (χ0) is 23.9. The van der Waals surface area contributed by atoms with Crippen LogP contribution >= 0.6 is 0 Å². The summed E-state index contributed by atoms with van der Waals surface area (Å²) in [4.78, 5) is 20.0. The molecule has 6 heteroatoms. The van der Waals surface area contributed by atoms with Gasteiger partial charge in [0.25, 0.3) is 0 Å². The predicted octanol–water partition coefficient (Wildman–Crippen LogP) is 4.35. The number of rotatable bonds is 7. The molecule has 1 saturated heterocycles. The molecule has 4 rings (SSSR count). The summed E-state index contributed by atoms with van der Waals surface area (Å²) in [5.74, 6) is 0. The lowest BCUT2D eigenvalue weighted by molar-refractivity contribution is -0.0733. The van der Waals surface area contributed by atoms with E-state index in [2.05, 4.69) is 55.3 Å². The number of benzene rings is 1. The molecule has 180 valence electrons. The first-order chi connectivity index (χ1) is 15.6. The molecule has 0 bridgehead atoms. The topological polar surface area (TPSA) is 70.8 Å². The van der Waals surface area contributed by atoms with Gasteiger partial charge in [-0.25, -0.2) is 4.79 Å². The zero-order valence-corrected chi connectivity index (χ0v) is 20.8. The lowest BCUT2D eigenvalue weighted by atomic mass is 9.67. The SMILES string of the molecule is CCN(C)C1(c2ccccc2)CCC2(CC1)CN(CC(C)(C)C#N)C(=O)N2CC1(O)CCC1. The molecule has 1 aromatic carbocycles. The van der Waals surface area contributed by atoms with Crippen molar-refractivity contribution in [2.45, 2.75) is 82.4 Å². The molecule has 1 heterocycles. The van der Waals surface area contributed by atoms with Crippen LogP contribution in [0.25, 0.3) is 0 Å². The summed E-state index contributed by atoms with van der Waals surface area (Å²) in [5, 5.41) is 20.6. The van der Waals surface area contributed by atoms with E-state index in [1.807, 2.05) is 23.6 Å². The van der Waals surface area contributed by atoms with Crippen molar-refractivity contribution in [1.82, 2.24) is 14.7 Å². The summed E-state index contributed by atoms with van der Waals surface area (Å²) in [7, 11) is 2.21. The molecule has 3 aliphatic rings. The number of carbonyl (C=O) groups is 1. The Kier molecular flexibility index (Phi) is 6.26. The van der Waals surface area contributed by atoms with Gasteiger partial charge in [-0.3, -0.25) is 4.90 Å². The number of aliphatic hydroxyl groups is 1. The van der Waals surface area contributed by atoms with E-state index in [0.717, 1.165) is 51.5 Å². The maximum Gasteiger partial charge on any atom is 0.320 e. The van der Waals surface area contributed by atoms with Crippen molar-refractivity contribution in [2.75, 3.05) is 33.2 Å². The zero-order valence-electron chi connectivity index (χ0n) is 20.8. The largest absolute Gasteiger partial charge is 0.388 e. The van der Waals surface area contributed by atoms with E-state index in [1.54, 1.807) is 0 Å². The first kappa shape index (κ1) is 24.0. The maximum atomic E-state index is 13.6. The van der Waals surface area contributed by atoms with Crippen LogP contribution in [0.2, 0.25) is 0 Å². The Morgan fingerprint density at radius 3 is 2.27 bits per heavy atom. The number of urea groups is 1. The number of nitrogens with zero attached hydrogens (tertiary/aromatic N) is 4. The summed E-state index contributed by atoms with van der Waals surface area (Å²) in [6.45, 7) is 8.45. The van der Waals surface area contributed by atoms with E-state index >= 15 is 0 Å². The van der Waals surface area contributed by atoms with Gasteiger partial charge in [0.1, 0.15) is 0 Å². The first-order valence-corrected chi connectivity index (χ1v) is 12.6. The number of amides is 2. The fourth-order valence-corrected chi connectivity index (χ4v) is 6.29. The molecule has 33 heavy (non-hydrogen) atoms. The maximum absolute atomic E-state index is 13.6. The van der Waals surface area contributed by atoms with Gasteiger partial charge in [0, 0.05) is 18.6 Å². The van der Waals surface area contributed by atoms with Crippen LogP contribution < -0.4 is 0 Å². The molecule has 2 amide bonds. The molecular formula is C27H40N4O2. The molecule has 3 fully saturated rings. The van der Waals surface area contributed by atoms with E-state index in [0.29, 0.717) is 19.6 Å². The highest BCUT2D eigenvalue weighted by molar-refractivity contribution is 5.78. The van der Waals surface area contributed by atoms with E-state index < -0.39 is 11.0 Å². The fourth-order valence-electron chi connectivity index (χ4n) is 6.29. The van der Waals surface area contributed by atoms with Gasteiger partial charge in [0.05, 0.1) is 29.2 Å². The molecule has 1 N–H and O–H groups in total. The second-order valence-corrected chi connectivity index (χ2v) is 11.4. The summed E-state index contributed by atoms with van der Waals surface area (Å²) >= 11 is 0. The number of carbonyl (C=O) groups excluding carboxylic acids is 1. The number of nitriles is 1. The van der Waals surface area contributed by atoms with Crippen molar-refractivity contribution in [3.8, 4) is 6.07 Å². The summed E-state index contributed by atoms with van der Waals surface area (Å²) in [6.07, 6.45) is 6.30. The lowest BCUT2D eigenvalue weighted by Gasteiger charge is -2.53. The molecule has 0 atom stereocenters. The number of β-amino-alcohol motifs (C(OH)–C–C–N with tert-alkyl or cyclic N) is 1. The summed E-state index contributed by atoms with van der Waals surface area (Å²) in [5.41, 5.74) is -0.313. The van der Waals surface area contributed by atoms with Crippen LogP contribution in [0.4, 0.5) is 4.79 Å². The van der Waals surface area contributed by atoms with Crippen molar-refractivity contribution in [3.63, 3.8) is 0 Å². The van der Waals surface area contributed by atoms with Crippen LogP contribution in [-0.4, -0.2) is 70.2 Å². The Bertz CT molecular complexity index is 894. The summed E-state index contributed by atoms with van der Waals surface area (Å²) < 4.78 is 0. The standard InChI is InChI=1S/C27H40N4O2/c1-5-29(4)27(22-10-7-6-8-11-22)16-14-25(15-17-27)20-30(19-24(2,3)18-28)23(32)31(25)21-26(33)12-9-13-26/h6-8,10-11,33H,5,9,12-17,19-21H2,1-4H3. The van der Waals surface area contributed by atoms with E-state index in [9.17, 15) is 15.2 Å². The minimum Gasteiger partial charge on any atom is -0.388 e. The van der Waals surface area contributed by atoms with Crippen molar-refractivity contribution in [2.24, 2.45) is 5.41 Å². The van der Waals surface area contributed by atoms with Crippen molar-refractivity contribution < 1.29 is 9.90 Å². The second kappa shape index (κ2) is 8.60. The smallest absolute Gasteiger partial charge is 0.320 e. The van der Waals surface area contributed by atoms with Crippen LogP contribution in [-0.2, 0) is 5.54 Å². The van der Waals surface area contributed by atoms with E-state index in [4.69, 9.17) is 0 Å². The van der Waals surface area contributed by atoms with Crippen LogP contribution in [0.5, 0.6) is 0 Å². The minimum absolute atomic E-state index is 0.00490. The highest BCUT2D eigenvalue weighted by Crippen LogP contribution is 2.50. The third-order valence-corrected chi connectivity index (χ3v) is 8.71. The summed E-state index contributed by atoms with van der Waals surface area (Å²) in [6, 6.07) is 13.1. The fraction of sp³-hybridized carbons (Fsp3) is 0.704. The second-order valence-electron chi connectivity index (χ2n) is 11.4. The number of hydrogen-bond acceptors (Lipinski definition) is 4. The lowest BCUT2D eigenvalue weighted by Crippen LogP contribution is -2.59. The van der Waals surface area contributed by atoms with Crippen LogP contribution in [0.1, 0.15) is 71.3 Å². The van der Waals surface area contributed by atoms with Gasteiger partial charge < -0.3 is 14.9 Å². The van der Waals surface area contributed by atoms with Crippen LogP contribution in [0.15, 0.2) is 30.3 Å².